The Hall–Kier alpha value is -1.60. The smallest absolute Gasteiger partial charge is 0 e. The summed E-state index contributed by atoms with van der Waals surface area (Å²) < 4.78 is 0. The number of rotatable bonds is 0. The molecule has 8 heteroatoms. The Bertz CT molecular complexity index is 23.8. The Balaban J connectivity index is -0.00000000356. The molecule has 0 saturated carbocycles. The molecule has 2 N–H and O–H groups in total. The van der Waals surface area contributed by atoms with Gasteiger partial charge in [0.1, 0.15) is 0 Å². The molecule has 0 bridgehead atoms. The molecule has 0 aromatic heterocycles. The fourth-order valence-corrected chi connectivity index (χ4v) is 0. The van der Waals surface area contributed by atoms with Crippen LogP contribution < -0.4 is 0 Å². The summed E-state index contributed by atoms with van der Waals surface area (Å²) in [5.74, 6) is 0. The van der Waals surface area contributed by atoms with Gasteiger partial charge >= 0.3 is 0 Å². The van der Waals surface area contributed by atoms with Gasteiger partial charge in [-0.3, -0.25) is 0 Å². The topological polar surface area (TPSA) is 150 Å². The van der Waals surface area contributed by atoms with Gasteiger partial charge in [0, 0.05) is 19.9 Å². The molecule has 0 spiro atoms. The van der Waals surface area contributed by atoms with Crippen molar-refractivity contribution >= 4 is 0 Å². The molecular weight excluding hydrogens is 160 g/mol. The van der Waals surface area contributed by atoms with Gasteiger partial charge in [-0.25, -0.2) is 0 Å². The predicted molar refractivity (Wildman–Crippen MR) is 45.8 cm³/mol. The lowest BCUT2D eigenvalue weighted by Gasteiger charge is -0.827. The van der Waals surface area contributed by atoms with Crippen LogP contribution in [0, 0.1) is 40.9 Å². The van der Waals surface area contributed by atoms with Gasteiger partial charge in [0.25, 0.3) is 0 Å². The Kier molecular flexibility index (Phi) is 1880. The van der Waals surface area contributed by atoms with Gasteiger partial charge in [-0.2, -0.15) is 9.81 Å². The van der Waals surface area contributed by atoms with E-state index in [1.54, 1.807) is 0 Å². The molecule has 0 aromatic carbocycles. The van der Waals surface area contributed by atoms with Crippen LogP contribution in [-0.4, -0.2) is 0 Å². The standard InChI is InChI=1S/3CH4.2HNO.2O2/c;;;4*1-2/h3*1H4;2*1H;;. The van der Waals surface area contributed by atoms with Gasteiger partial charge in [0.2, 0.25) is 0 Å². The van der Waals surface area contributed by atoms with Crippen molar-refractivity contribution in [2.24, 2.45) is 0 Å². The molecule has 72 valence electrons. The highest BCUT2D eigenvalue weighted by atomic mass is 16.7. The molecule has 0 fully saturated rings. The van der Waals surface area contributed by atoms with Crippen LogP contribution in [0.2, 0.25) is 0 Å². The molecule has 8 nitrogen and oxygen atoms in total. The minimum atomic E-state index is 0. The highest BCUT2D eigenvalue weighted by molar-refractivity contribution is 4.08. The van der Waals surface area contributed by atoms with Crippen molar-refractivity contribution < 1.29 is 0 Å². The van der Waals surface area contributed by atoms with Crippen LogP contribution in [0.5, 0.6) is 0 Å². The maximum absolute atomic E-state index is 7.50. The fraction of sp³-hybridized carbons (Fsp3) is 1.00. The van der Waals surface area contributed by atoms with Crippen molar-refractivity contribution in [2.75, 3.05) is 0 Å². The third-order valence-electron chi connectivity index (χ3n) is 0. The first-order chi connectivity index (χ1) is 4.00. The maximum atomic E-state index is 7.50. The minimum absolute atomic E-state index is 0. The highest BCUT2D eigenvalue weighted by Gasteiger charge is 0.709. The summed E-state index contributed by atoms with van der Waals surface area (Å²) in [7, 11) is 0. The van der Waals surface area contributed by atoms with Crippen LogP contribution in [0.3, 0.4) is 0 Å². The van der Waals surface area contributed by atoms with Crippen LogP contribution in [0.25, 0.3) is 0 Å². The molecule has 11 heavy (non-hydrogen) atoms. The van der Waals surface area contributed by atoms with Gasteiger partial charge in [-0.1, -0.05) is 33.5 Å². The summed E-state index contributed by atoms with van der Waals surface area (Å²) in [6, 6.07) is 0. The molecular formula is C3H14N2O6. The molecule has 0 radical (unpaired) electrons. The monoisotopic (exact) mass is 174 g/mol. The lowest BCUT2D eigenvalue weighted by atomic mass is 12.0. The van der Waals surface area contributed by atoms with E-state index in [1.807, 2.05) is 0 Å². The van der Waals surface area contributed by atoms with Crippen LogP contribution in [0.4, 0.5) is 0 Å². The lowest BCUT2D eigenvalue weighted by Crippen LogP contribution is -0.674. The van der Waals surface area contributed by atoms with Crippen LogP contribution >= 0.6 is 0 Å². The molecule has 0 saturated heterocycles. The predicted octanol–water partition coefficient (Wildman–Crippen LogP) is 2.71. The molecule has 0 unspecified atom stereocenters. The molecule has 0 aliphatic rings. The summed E-state index contributed by atoms with van der Waals surface area (Å²) in [6.07, 6.45) is 0. The minimum Gasteiger partial charge on any atom is -0.154 e. The number of hydrogen-bond donors (Lipinski definition) is 2. The van der Waals surface area contributed by atoms with Crippen LogP contribution in [0.15, 0.2) is 0 Å². The molecule has 0 rings (SSSR count). The maximum Gasteiger partial charge on any atom is 0 e. The van der Waals surface area contributed by atoms with Gasteiger partial charge < -0.3 is 0 Å². The first kappa shape index (κ1) is 115. The average Bonchev–Trinajstić information content (AvgIpc) is 2.03. The molecule has 0 amide bonds. The van der Waals surface area contributed by atoms with Crippen molar-refractivity contribution in [1.29, 1.82) is 11.2 Å². The number of nitroso groups, excluding NO2 is 2. The second-order valence-electron chi connectivity index (χ2n) is 0. The Morgan fingerprint density at radius 1 is 0.455 bits per heavy atom. The summed E-state index contributed by atoms with van der Waals surface area (Å²) in [6.45, 7) is 0. The van der Waals surface area contributed by atoms with Gasteiger partial charge in [-0.05, 0) is 0 Å². The number of nitrogens with one attached hydrogen (secondary N) is 2. The third-order valence-corrected chi connectivity index (χ3v) is 0. The van der Waals surface area contributed by atoms with E-state index in [4.69, 9.17) is 29.7 Å². The van der Waals surface area contributed by atoms with E-state index in [-0.39, 0.29) is 22.3 Å². The van der Waals surface area contributed by atoms with E-state index in [1.165, 1.54) is 0 Å². The van der Waals surface area contributed by atoms with Crippen molar-refractivity contribution in [3.8, 4) is 0 Å². The Morgan fingerprint density at radius 3 is 0.455 bits per heavy atom. The first-order valence-electron chi connectivity index (χ1n) is 0.742. The lowest BCUT2D eigenvalue weighted by molar-refractivity contribution is 1.49. The molecule has 0 aliphatic carbocycles. The van der Waals surface area contributed by atoms with Gasteiger partial charge in [0.05, 0.1) is 0 Å². The van der Waals surface area contributed by atoms with E-state index < -0.39 is 0 Å². The SMILES string of the molecule is C.C.C.N=O.N=O.O=O.O=O. The summed E-state index contributed by atoms with van der Waals surface area (Å²) >= 11 is 0. The van der Waals surface area contributed by atoms with Crippen LogP contribution in [-0.2, 0) is 0 Å². The molecule has 0 aromatic rings. The zero-order chi connectivity index (χ0) is 8.00. The van der Waals surface area contributed by atoms with Crippen molar-refractivity contribution in [3.05, 3.63) is 29.7 Å². The first-order valence-corrected chi connectivity index (χ1v) is 0.742. The largest absolute Gasteiger partial charge is 0.154 e. The van der Waals surface area contributed by atoms with Gasteiger partial charge in [-0.15, -0.1) is 0 Å². The second kappa shape index (κ2) is 180. The van der Waals surface area contributed by atoms with Crippen LogP contribution in [0.1, 0.15) is 22.3 Å². The Morgan fingerprint density at radius 2 is 0.455 bits per heavy atom. The highest BCUT2D eigenvalue weighted by Crippen LogP contribution is 0.769. The molecule has 0 heterocycles. The van der Waals surface area contributed by atoms with E-state index in [9.17, 15) is 0 Å². The van der Waals surface area contributed by atoms with E-state index >= 15 is 0 Å². The molecule has 0 atom stereocenters. The fourth-order valence-electron chi connectivity index (χ4n) is 0. The van der Waals surface area contributed by atoms with E-state index in [0.29, 0.717) is 0 Å². The van der Waals surface area contributed by atoms with Crippen molar-refractivity contribution in [1.82, 2.24) is 0 Å². The zero-order valence-electron chi connectivity index (χ0n) is 3.45. The second-order valence-corrected chi connectivity index (χ2v) is 0. The average molecular weight is 174 g/mol. The normalized spacial score (nSPS) is 1.45. The quantitative estimate of drug-likeness (QED) is 0.538. The summed E-state index contributed by atoms with van der Waals surface area (Å²) in [5, 5.41) is 0. The third kappa shape index (κ3) is 134. The van der Waals surface area contributed by atoms with E-state index in [0.717, 1.165) is 0 Å². The van der Waals surface area contributed by atoms with Crippen molar-refractivity contribution in [2.45, 2.75) is 22.3 Å². The van der Waals surface area contributed by atoms with E-state index in [2.05, 4.69) is 11.2 Å². The summed E-state index contributed by atoms with van der Waals surface area (Å²) in [4.78, 5) is 43.0. The van der Waals surface area contributed by atoms with Gasteiger partial charge in [0.15, 0.2) is 0 Å². The summed E-state index contributed by atoms with van der Waals surface area (Å²) in [5.41, 5.74) is 9.00. The number of hydrogen-bond acceptors (Lipinski definition) is 8. The molecule has 0 aliphatic heterocycles. The zero-order valence-corrected chi connectivity index (χ0v) is 3.45. The van der Waals surface area contributed by atoms with Crippen molar-refractivity contribution in [3.63, 3.8) is 0 Å². The Labute approximate surface area is 64.3 Å².